The number of rotatable bonds is 4. The van der Waals surface area contributed by atoms with Crippen molar-refractivity contribution < 1.29 is 13.9 Å². The van der Waals surface area contributed by atoms with Gasteiger partial charge in [0.2, 0.25) is 0 Å². The van der Waals surface area contributed by atoms with Crippen LogP contribution in [0.15, 0.2) is 12.4 Å². The summed E-state index contributed by atoms with van der Waals surface area (Å²) in [6, 6.07) is 2.18. The van der Waals surface area contributed by atoms with Crippen LogP contribution in [0.5, 0.6) is 0 Å². The second-order valence-corrected chi connectivity index (χ2v) is 7.65. The molecule has 0 radical (unpaired) electrons. The van der Waals surface area contributed by atoms with Gasteiger partial charge >= 0.3 is 0 Å². The molecule has 1 aromatic rings. The van der Waals surface area contributed by atoms with E-state index in [-0.39, 0.29) is 30.2 Å². The van der Waals surface area contributed by atoms with Crippen LogP contribution in [0, 0.1) is 5.92 Å². The van der Waals surface area contributed by atoms with E-state index < -0.39 is 6.17 Å². The van der Waals surface area contributed by atoms with Crippen molar-refractivity contribution in [2.24, 2.45) is 5.92 Å². The van der Waals surface area contributed by atoms with Gasteiger partial charge in [0.25, 0.3) is 0 Å². The Labute approximate surface area is 153 Å². The minimum atomic E-state index is -0.930. The van der Waals surface area contributed by atoms with Gasteiger partial charge in [-0.05, 0) is 26.7 Å². The average molecular weight is 365 g/mol. The molecule has 26 heavy (non-hydrogen) atoms. The normalized spacial score (nSPS) is 34.9. The highest BCUT2D eigenvalue weighted by Gasteiger charge is 2.46. The van der Waals surface area contributed by atoms with Crippen molar-refractivity contribution in [3.63, 3.8) is 0 Å². The van der Waals surface area contributed by atoms with Crippen LogP contribution >= 0.6 is 0 Å². The van der Waals surface area contributed by atoms with E-state index in [4.69, 9.17) is 9.47 Å². The zero-order valence-electron chi connectivity index (χ0n) is 15.4. The van der Waals surface area contributed by atoms with Crippen molar-refractivity contribution >= 4 is 5.82 Å². The quantitative estimate of drug-likeness (QED) is 0.835. The van der Waals surface area contributed by atoms with Crippen molar-refractivity contribution in [3.05, 3.63) is 18.1 Å². The Morgan fingerprint density at radius 2 is 2.04 bits per heavy atom. The van der Waals surface area contributed by atoms with Crippen LogP contribution in [0.4, 0.5) is 10.2 Å². The average Bonchev–Trinajstić information content (AvgIpc) is 3.05. The number of alkyl halides is 1. The van der Waals surface area contributed by atoms with E-state index in [1.807, 2.05) is 19.9 Å². The minimum absolute atomic E-state index is 0.0301. The topological polar surface area (TPSA) is 71.5 Å². The highest BCUT2D eigenvalue weighted by atomic mass is 19.1. The Morgan fingerprint density at radius 1 is 1.23 bits per heavy atom. The summed E-state index contributed by atoms with van der Waals surface area (Å²) in [5, 5.41) is 0. The predicted molar refractivity (Wildman–Crippen MR) is 95.5 cm³/mol. The molecule has 2 saturated heterocycles. The molecule has 7 nitrogen and oxygen atoms in total. The van der Waals surface area contributed by atoms with E-state index in [2.05, 4.69) is 25.7 Å². The van der Waals surface area contributed by atoms with Crippen molar-refractivity contribution in [1.29, 1.82) is 0 Å². The first kappa shape index (κ1) is 18.0. The molecule has 2 aliphatic heterocycles. The van der Waals surface area contributed by atoms with Crippen molar-refractivity contribution in [2.45, 2.75) is 57.2 Å². The number of anilines is 1. The van der Waals surface area contributed by atoms with Gasteiger partial charge in [0.05, 0.1) is 37.2 Å². The predicted octanol–water partition coefficient (Wildman–Crippen LogP) is 1.37. The molecule has 3 aliphatic rings. The number of morpholine rings is 1. The van der Waals surface area contributed by atoms with Crippen LogP contribution in [-0.4, -0.2) is 60.7 Å². The summed E-state index contributed by atoms with van der Waals surface area (Å²) in [6.45, 7) is 7.04. The third-order valence-electron chi connectivity index (χ3n) is 5.53. The van der Waals surface area contributed by atoms with Gasteiger partial charge in [-0.3, -0.25) is 5.43 Å². The van der Waals surface area contributed by atoms with Crippen molar-refractivity contribution in [2.75, 3.05) is 31.2 Å². The summed E-state index contributed by atoms with van der Waals surface area (Å²) in [5.41, 5.74) is 7.55. The Kier molecular flexibility index (Phi) is 5.35. The number of nitrogens with one attached hydrogen (secondary N) is 2. The van der Waals surface area contributed by atoms with Crippen molar-refractivity contribution in [1.82, 2.24) is 20.8 Å². The fourth-order valence-corrected chi connectivity index (χ4v) is 4.27. The molecule has 5 unspecified atom stereocenters. The maximum absolute atomic E-state index is 14.4. The Hall–Kier alpha value is -1.35. The number of ether oxygens (including phenoxy) is 2. The zero-order chi connectivity index (χ0) is 18.1. The maximum Gasteiger partial charge on any atom is 0.132 e. The number of aromatic nitrogens is 2. The third-order valence-corrected chi connectivity index (χ3v) is 5.53. The summed E-state index contributed by atoms with van der Waals surface area (Å²) >= 11 is 0. The molecule has 1 aliphatic carbocycles. The lowest BCUT2D eigenvalue weighted by Crippen LogP contribution is -2.44. The summed E-state index contributed by atoms with van der Waals surface area (Å²) in [6.07, 6.45) is 1.53. The van der Waals surface area contributed by atoms with Crippen LogP contribution in [0.25, 0.3) is 0 Å². The molecule has 1 aromatic heterocycles. The first-order valence-electron chi connectivity index (χ1n) is 9.57. The largest absolute Gasteiger partial charge is 0.378 e. The van der Waals surface area contributed by atoms with E-state index in [0.717, 1.165) is 37.8 Å². The molecular formula is C18H28FN5O2. The molecule has 3 fully saturated rings. The van der Waals surface area contributed by atoms with Gasteiger partial charge in [0.1, 0.15) is 18.3 Å². The summed E-state index contributed by atoms with van der Waals surface area (Å²) in [5.74, 6) is 1.18. The van der Waals surface area contributed by atoms with Gasteiger partial charge in [0.15, 0.2) is 0 Å². The fraction of sp³-hybridized carbons (Fsp3) is 0.778. The summed E-state index contributed by atoms with van der Waals surface area (Å²) < 4.78 is 25.7. The molecule has 0 bridgehead atoms. The molecule has 8 heteroatoms. The van der Waals surface area contributed by atoms with Gasteiger partial charge in [-0.15, -0.1) is 0 Å². The number of hydrogen-bond acceptors (Lipinski definition) is 7. The molecule has 2 N–H and O–H groups in total. The van der Waals surface area contributed by atoms with Crippen LogP contribution in [0.2, 0.25) is 0 Å². The third kappa shape index (κ3) is 3.69. The lowest BCUT2D eigenvalue weighted by molar-refractivity contribution is -0.0708. The number of hydrazine groups is 1. The van der Waals surface area contributed by atoms with E-state index in [0.29, 0.717) is 12.8 Å². The van der Waals surface area contributed by atoms with E-state index >= 15 is 0 Å². The van der Waals surface area contributed by atoms with Gasteiger partial charge in [-0.1, -0.05) is 0 Å². The van der Waals surface area contributed by atoms with Gasteiger partial charge in [-0.2, -0.15) is 0 Å². The highest BCUT2D eigenvalue weighted by Crippen LogP contribution is 2.40. The molecular weight excluding hydrogens is 337 g/mol. The zero-order valence-corrected chi connectivity index (χ0v) is 15.4. The first-order chi connectivity index (χ1) is 12.6. The minimum Gasteiger partial charge on any atom is -0.378 e. The molecule has 4 rings (SSSR count). The van der Waals surface area contributed by atoms with Crippen molar-refractivity contribution in [3.8, 4) is 0 Å². The summed E-state index contributed by atoms with van der Waals surface area (Å²) in [7, 11) is 0. The van der Waals surface area contributed by atoms with Crippen LogP contribution in [-0.2, 0) is 9.47 Å². The van der Waals surface area contributed by atoms with E-state index in [9.17, 15) is 4.39 Å². The first-order valence-corrected chi connectivity index (χ1v) is 9.57. The molecule has 5 atom stereocenters. The molecule has 0 spiro atoms. The Balaban J connectivity index is 1.51. The smallest absolute Gasteiger partial charge is 0.132 e. The fourth-order valence-electron chi connectivity index (χ4n) is 4.27. The Morgan fingerprint density at radius 3 is 2.81 bits per heavy atom. The number of halogens is 1. The number of nitrogens with zero attached hydrogens (tertiary/aromatic N) is 3. The van der Waals surface area contributed by atoms with Crippen LogP contribution in [0.3, 0.4) is 0 Å². The van der Waals surface area contributed by atoms with Gasteiger partial charge in [-0.25, -0.2) is 19.8 Å². The molecule has 3 heterocycles. The molecule has 0 amide bonds. The Bertz CT molecular complexity index is 613. The lowest BCUT2D eigenvalue weighted by atomic mass is 9.78. The second kappa shape index (κ2) is 7.72. The maximum atomic E-state index is 14.4. The van der Waals surface area contributed by atoms with E-state index in [1.165, 1.54) is 0 Å². The van der Waals surface area contributed by atoms with Gasteiger partial charge < -0.3 is 14.4 Å². The highest BCUT2D eigenvalue weighted by molar-refractivity contribution is 5.40. The monoisotopic (exact) mass is 365 g/mol. The van der Waals surface area contributed by atoms with Gasteiger partial charge in [0, 0.05) is 31.1 Å². The number of fused-ring (bicyclic) bond motifs is 1. The van der Waals surface area contributed by atoms with Crippen LogP contribution in [0.1, 0.15) is 38.4 Å². The lowest BCUT2D eigenvalue weighted by Gasteiger charge is -2.36. The molecule has 144 valence electrons. The second-order valence-electron chi connectivity index (χ2n) is 7.65. The van der Waals surface area contributed by atoms with Crippen LogP contribution < -0.4 is 15.8 Å². The number of hydrogen-bond donors (Lipinski definition) is 2. The molecule has 1 saturated carbocycles. The summed E-state index contributed by atoms with van der Waals surface area (Å²) in [4.78, 5) is 11.2. The van der Waals surface area contributed by atoms with E-state index in [1.54, 1.807) is 6.33 Å². The SMILES string of the molecule is CC(C)OC1CC2C(CC1F)NNC2c1cc(N2CCOCC2)ncn1. The molecule has 0 aromatic carbocycles. The standard InChI is InChI=1S/C18H28FN5O2/c1-11(2)26-16-7-12-14(8-13(16)19)22-23-18(12)15-9-17(21-10-20-15)24-3-5-25-6-4-24/h9-14,16,18,22-23H,3-8H2,1-2H3.